The maximum atomic E-state index is 11.4. The average Bonchev–Trinajstić information content (AvgIpc) is 2.81. The van der Waals surface area contributed by atoms with Crippen molar-refractivity contribution in [3.8, 4) is 0 Å². The van der Waals surface area contributed by atoms with Gasteiger partial charge in [-0.05, 0) is 19.9 Å². The molecule has 0 fully saturated rings. The minimum Gasteiger partial charge on any atom is -0.478 e. The molecule has 5 heteroatoms. The van der Waals surface area contributed by atoms with Gasteiger partial charge in [0.1, 0.15) is 23.5 Å². The van der Waals surface area contributed by atoms with E-state index in [-0.39, 0.29) is 18.3 Å². The van der Waals surface area contributed by atoms with Crippen molar-refractivity contribution in [1.29, 1.82) is 0 Å². The molecule has 1 aromatic carbocycles. The van der Waals surface area contributed by atoms with E-state index in [4.69, 9.17) is 13.9 Å². The first kappa shape index (κ1) is 14.6. The Morgan fingerprint density at radius 1 is 1.40 bits per heavy atom. The SMILES string of the molecule is CCOCC(C)OCc1oc2ccccc2c1C(=O)O. The predicted octanol–water partition coefficient (Wildman–Crippen LogP) is 3.07. The van der Waals surface area contributed by atoms with Crippen LogP contribution in [0.5, 0.6) is 0 Å². The van der Waals surface area contributed by atoms with Crippen LogP contribution in [0.15, 0.2) is 28.7 Å². The monoisotopic (exact) mass is 278 g/mol. The zero-order chi connectivity index (χ0) is 14.5. The van der Waals surface area contributed by atoms with Crippen molar-refractivity contribution >= 4 is 16.9 Å². The zero-order valence-electron chi connectivity index (χ0n) is 11.6. The number of carboxylic acids is 1. The maximum absolute atomic E-state index is 11.4. The molecule has 1 N–H and O–H groups in total. The van der Waals surface area contributed by atoms with Crippen LogP contribution in [0.3, 0.4) is 0 Å². The Balaban J connectivity index is 2.17. The van der Waals surface area contributed by atoms with E-state index in [2.05, 4.69) is 0 Å². The average molecular weight is 278 g/mol. The molecule has 1 heterocycles. The van der Waals surface area contributed by atoms with Crippen LogP contribution in [-0.4, -0.2) is 30.4 Å². The fourth-order valence-corrected chi connectivity index (χ4v) is 1.98. The molecule has 0 aliphatic carbocycles. The zero-order valence-corrected chi connectivity index (χ0v) is 11.6. The summed E-state index contributed by atoms with van der Waals surface area (Å²) in [6.07, 6.45) is -0.121. The summed E-state index contributed by atoms with van der Waals surface area (Å²) in [6.45, 7) is 5.00. The summed E-state index contributed by atoms with van der Waals surface area (Å²) in [4.78, 5) is 11.4. The number of hydrogen-bond donors (Lipinski definition) is 1. The quantitative estimate of drug-likeness (QED) is 0.843. The molecule has 0 aliphatic rings. The van der Waals surface area contributed by atoms with E-state index < -0.39 is 5.97 Å². The van der Waals surface area contributed by atoms with Crippen LogP contribution >= 0.6 is 0 Å². The van der Waals surface area contributed by atoms with Crippen LogP contribution in [-0.2, 0) is 16.1 Å². The number of carbonyl (C=O) groups is 1. The molecule has 1 atom stereocenters. The van der Waals surface area contributed by atoms with Gasteiger partial charge in [0.05, 0.1) is 12.7 Å². The molecule has 2 aromatic rings. The third kappa shape index (κ3) is 3.18. The van der Waals surface area contributed by atoms with Gasteiger partial charge in [-0.25, -0.2) is 4.79 Å². The van der Waals surface area contributed by atoms with Gasteiger partial charge in [0.2, 0.25) is 0 Å². The Morgan fingerprint density at radius 2 is 2.15 bits per heavy atom. The van der Waals surface area contributed by atoms with Gasteiger partial charge in [0, 0.05) is 12.0 Å². The standard InChI is InChI=1S/C15H18O5/c1-3-18-8-10(2)19-9-13-14(15(16)17)11-6-4-5-7-12(11)20-13/h4-7,10H,3,8-9H2,1-2H3,(H,16,17). The van der Waals surface area contributed by atoms with Crippen LogP contribution in [0.4, 0.5) is 0 Å². The van der Waals surface area contributed by atoms with Gasteiger partial charge in [-0.15, -0.1) is 0 Å². The first-order chi connectivity index (χ1) is 9.63. The fraction of sp³-hybridized carbons (Fsp3) is 0.400. The second-order valence-electron chi connectivity index (χ2n) is 4.48. The van der Waals surface area contributed by atoms with Crippen LogP contribution < -0.4 is 0 Å². The molecule has 5 nitrogen and oxygen atoms in total. The lowest BCUT2D eigenvalue weighted by Crippen LogP contribution is -2.16. The van der Waals surface area contributed by atoms with Crippen molar-refractivity contribution in [3.63, 3.8) is 0 Å². The highest BCUT2D eigenvalue weighted by Crippen LogP contribution is 2.26. The lowest BCUT2D eigenvalue weighted by molar-refractivity contribution is -0.0170. The minimum absolute atomic E-state index is 0.116. The Hall–Kier alpha value is -1.85. The second-order valence-corrected chi connectivity index (χ2v) is 4.48. The van der Waals surface area contributed by atoms with Crippen LogP contribution in [0.25, 0.3) is 11.0 Å². The highest BCUT2D eigenvalue weighted by molar-refractivity contribution is 6.03. The number of rotatable bonds is 7. The second kappa shape index (κ2) is 6.54. The molecular weight excluding hydrogens is 260 g/mol. The van der Waals surface area contributed by atoms with Crippen LogP contribution in [0, 0.1) is 0 Å². The molecule has 0 spiro atoms. The topological polar surface area (TPSA) is 68.9 Å². The Labute approximate surface area is 117 Å². The molecule has 108 valence electrons. The summed E-state index contributed by atoms with van der Waals surface area (Å²) < 4.78 is 16.4. The molecule has 0 saturated carbocycles. The number of hydrogen-bond acceptors (Lipinski definition) is 4. The maximum Gasteiger partial charge on any atom is 0.340 e. The number of ether oxygens (including phenoxy) is 2. The lowest BCUT2D eigenvalue weighted by atomic mass is 10.1. The lowest BCUT2D eigenvalue weighted by Gasteiger charge is -2.11. The summed E-state index contributed by atoms with van der Waals surface area (Å²) in [5, 5.41) is 9.91. The molecule has 0 bridgehead atoms. The summed E-state index contributed by atoms with van der Waals surface area (Å²) in [7, 11) is 0. The first-order valence-corrected chi connectivity index (χ1v) is 6.56. The molecular formula is C15H18O5. The largest absolute Gasteiger partial charge is 0.478 e. The van der Waals surface area contributed by atoms with Gasteiger partial charge in [0.15, 0.2) is 0 Å². The summed E-state index contributed by atoms with van der Waals surface area (Å²) >= 11 is 0. The van der Waals surface area contributed by atoms with Crippen LogP contribution in [0.1, 0.15) is 30.0 Å². The molecule has 20 heavy (non-hydrogen) atoms. The predicted molar refractivity (Wildman–Crippen MR) is 73.9 cm³/mol. The van der Waals surface area contributed by atoms with Gasteiger partial charge in [-0.2, -0.15) is 0 Å². The van der Waals surface area contributed by atoms with E-state index in [0.29, 0.717) is 29.9 Å². The van der Waals surface area contributed by atoms with E-state index in [1.165, 1.54) is 0 Å². The van der Waals surface area contributed by atoms with Crippen molar-refractivity contribution in [2.75, 3.05) is 13.2 Å². The van der Waals surface area contributed by atoms with Crippen molar-refractivity contribution < 1.29 is 23.8 Å². The van der Waals surface area contributed by atoms with Crippen LogP contribution in [0.2, 0.25) is 0 Å². The van der Waals surface area contributed by atoms with Crippen molar-refractivity contribution in [2.45, 2.75) is 26.6 Å². The summed E-state index contributed by atoms with van der Waals surface area (Å²) in [6, 6.07) is 7.07. The third-order valence-electron chi connectivity index (χ3n) is 2.94. The van der Waals surface area contributed by atoms with Gasteiger partial charge < -0.3 is 19.0 Å². The van der Waals surface area contributed by atoms with E-state index in [0.717, 1.165) is 0 Å². The number of fused-ring (bicyclic) bond motifs is 1. The number of carboxylic acid groups (broad SMARTS) is 1. The highest BCUT2D eigenvalue weighted by atomic mass is 16.5. The highest BCUT2D eigenvalue weighted by Gasteiger charge is 2.20. The molecule has 0 aliphatic heterocycles. The molecule has 0 saturated heterocycles. The molecule has 0 radical (unpaired) electrons. The number of aromatic carboxylic acids is 1. The minimum atomic E-state index is -1.01. The Bertz CT molecular complexity index is 587. The van der Waals surface area contributed by atoms with Gasteiger partial charge in [0.25, 0.3) is 0 Å². The van der Waals surface area contributed by atoms with Crippen molar-refractivity contribution in [2.24, 2.45) is 0 Å². The molecule has 1 aromatic heterocycles. The summed E-state index contributed by atoms with van der Waals surface area (Å²) in [5.41, 5.74) is 0.727. The fourth-order valence-electron chi connectivity index (χ4n) is 1.98. The number of benzene rings is 1. The molecule has 1 unspecified atom stereocenters. The van der Waals surface area contributed by atoms with Crippen molar-refractivity contribution in [1.82, 2.24) is 0 Å². The van der Waals surface area contributed by atoms with E-state index >= 15 is 0 Å². The third-order valence-corrected chi connectivity index (χ3v) is 2.94. The van der Waals surface area contributed by atoms with E-state index in [9.17, 15) is 9.90 Å². The Kier molecular flexibility index (Phi) is 4.76. The molecule has 0 amide bonds. The summed E-state index contributed by atoms with van der Waals surface area (Å²) in [5.74, 6) is -0.673. The van der Waals surface area contributed by atoms with Crippen molar-refractivity contribution in [3.05, 3.63) is 35.6 Å². The number of para-hydroxylation sites is 1. The van der Waals surface area contributed by atoms with E-state index in [1.807, 2.05) is 13.8 Å². The smallest absolute Gasteiger partial charge is 0.340 e. The molecule has 2 rings (SSSR count). The van der Waals surface area contributed by atoms with Gasteiger partial charge in [-0.1, -0.05) is 18.2 Å². The normalized spacial score (nSPS) is 12.7. The van der Waals surface area contributed by atoms with Gasteiger partial charge in [-0.3, -0.25) is 0 Å². The first-order valence-electron chi connectivity index (χ1n) is 6.56. The van der Waals surface area contributed by atoms with E-state index in [1.54, 1.807) is 24.3 Å². The number of furan rings is 1. The van der Waals surface area contributed by atoms with Gasteiger partial charge >= 0.3 is 5.97 Å². The Morgan fingerprint density at radius 3 is 2.85 bits per heavy atom.